The van der Waals surface area contributed by atoms with Gasteiger partial charge in [-0.2, -0.15) is 0 Å². The zero-order valence-electron chi connectivity index (χ0n) is 9.58. The second kappa shape index (κ2) is 4.09. The minimum atomic E-state index is -1.48. The second-order valence-electron chi connectivity index (χ2n) is 4.25. The fourth-order valence-electron chi connectivity index (χ4n) is 2.21. The van der Waals surface area contributed by atoms with Gasteiger partial charge in [0.15, 0.2) is 17.5 Å². The molecule has 0 N–H and O–H groups in total. The summed E-state index contributed by atoms with van der Waals surface area (Å²) in [7, 11) is 0. The van der Waals surface area contributed by atoms with E-state index in [1.54, 1.807) is 24.3 Å². The fourth-order valence-corrected chi connectivity index (χ4v) is 2.21. The van der Waals surface area contributed by atoms with E-state index in [1.807, 2.05) is 0 Å². The molecule has 0 aliphatic carbocycles. The van der Waals surface area contributed by atoms with E-state index < -0.39 is 17.5 Å². The van der Waals surface area contributed by atoms with Crippen molar-refractivity contribution in [1.29, 1.82) is 0 Å². The van der Waals surface area contributed by atoms with Gasteiger partial charge in [-0.25, -0.2) is 13.2 Å². The molecule has 3 aromatic rings. The van der Waals surface area contributed by atoms with Crippen LogP contribution in [-0.2, 0) is 0 Å². The summed E-state index contributed by atoms with van der Waals surface area (Å²) in [6.07, 6.45) is 0.690. The Kier molecular flexibility index (Phi) is 2.52. The van der Waals surface area contributed by atoms with Crippen molar-refractivity contribution < 1.29 is 18.0 Å². The first-order valence-electron chi connectivity index (χ1n) is 5.57. The molecule has 0 amide bonds. The van der Waals surface area contributed by atoms with E-state index in [4.69, 9.17) is 0 Å². The molecule has 0 radical (unpaired) electrons. The van der Waals surface area contributed by atoms with Gasteiger partial charge in [-0.1, -0.05) is 24.3 Å². The van der Waals surface area contributed by atoms with Crippen molar-refractivity contribution in [1.82, 2.24) is 0 Å². The number of halogens is 3. The van der Waals surface area contributed by atoms with Gasteiger partial charge in [0.1, 0.15) is 6.29 Å². The molecule has 3 rings (SSSR count). The van der Waals surface area contributed by atoms with Crippen molar-refractivity contribution in [3.63, 3.8) is 0 Å². The van der Waals surface area contributed by atoms with Crippen molar-refractivity contribution >= 4 is 27.8 Å². The zero-order chi connectivity index (χ0) is 13.6. The molecule has 4 heteroatoms. The van der Waals surface area contributed by atoms with E-state index in [2.05, 4.69) is 0 Å². The summed E-state index contributed by atoms with van der Waals surface area (Å²) in [6.45, 7) is 0. The highest BCUT2D eigenvalue weighted by atomic mass is 19.2. The quantitative estimate of drug-likeness (QED) is 0.363. The maximum absolute atomic E-state index is 13.7. The third kappa shape index (κ3) is 1.68. The highest BCUT2D eigenvalue weighted by Gasteiger charge is 2.14. The lowest BCUT2D eigenvalue weighted by Gasteiger charge is -2.06. The van der Waals surface area contributed by atoms with E-state index in [1.165, 1.54) is 6.07 Å². The third-order valence-corrected chi connectivity index (χ3v) is 3.13. The van der Waals surface area contributed by atoms with E-state index in [0.717, 1.165) is 6.07 Å². The number of rotatable bonds is 1. The molecule has 94 valence electrons. The molecule has 0 aromatic heterocycles. The average molecular weight is 260 g/mol. The lowest BCUT2D eigenvalue weighted by Crippen LogP contribution is -1.93. The van der Waals surface area contributed by atoms with Gasteiger partial charge in [-0.05, 0) is 28.3 Å². The van der Waals surface area contributed by atoms with Crippen LogP contribution in [0.15, 0.2) is 36.4 Å². The van der Waals surface area contributed by atoms with Crippen LogP contribution in [-0.4, -0.2) is 6.29 Å². The molecule has 0 unspecified atom stereocenters. The largest absolute Gasteiger partial charge is 0.298 e. The standard InChI is InChI=1S/C15H7F3O/c16-13-6-12-10-3-1-8(7-19)5-9(10)2-4-11(12)14(17)15(13)18/h1-7H. The molecule has 0 atom stereocenters. The molecule has 0 bridgehead atoms. The van der Waals surface area contributed by atoms with Crippen LogP contribution < -0.4 is 0 Å². The Balaban J connectivity index is 2.50. The lowest BCUT2D eigenvalue weighted by molar-refractivity contribution is 0.112. The molecule has 19 heavy (non-hydrogen) atoms. The Morgan fingerprint density at radius 2 is 1.53 bits per heavy atom. The number of carbonyl (C=O) groups is 1. The Bertz CT molecular complexity index is 825. The first-order valence-corrected chi connectivity index (χ1v) is 5.57. The normalized spacial score (nSPS) is 11.1. The van der Waals surface area contributed by atoms with E-state index in [-0.39, 0.29) is 10.8 Å². The Hall–Kier alpha value is -2.36. The van der Waals surface area contributed by atoms with Gasteiger partial charge in [0.05, 0.1) is 0 Å². The second-order valence-corrected chi connectivity index (χ2v) is 4.25. The van der Waals surface area contributed by atoms with Crippen LogP contribution in [0.4, 0.5) is 13.2 Å². The van der Waals surface area contributed by atoms with Crippen LogP contribution >= 0.6 is 0 Å². The van der Waals surface area contributed by atoms with Gasteiger partial charge in [-0.15, -0.1) is 0 Å². The average Bonchev–Trinajstić information content (AvgIpc) is 2.44. The van der Waals surface area contributed by atoms with Crippen LogP contribution in [0, 0.1) is 17.5 Å². The summed E-state index contributed by atoms with van der Waals surface area (Å²) in [5.74, 6) is -3.90. The first-order chi connectivity index (χ1) is 9.11. The van der Waals surface area contributed by atoms with Crippen molar-refractivity contribution in [2.45, 2.75) is 0 Å². The number of hydrogen-bond donors (Lipinski definition) is 0. The molecule has 0 heterocycles. The van der Waals surface area contributed by atoms with Gasteiger partial charge >= 0.3 is 0 Å². The minimum Gasteiger partial charge on any atom is -0.298 e. The molecule has 0 fully saturated rings. The highest BCUT2D eigenvalue weighted by molar-refractivity contribution is 6.08. The Morgan fingerprint density at radius 1 is 0.789 bits per heavy atom. The first kappa shape index (κ1) is 11.7. The van der Waals surface area contributed by atoms with E-state index in [0.29, 0.717) is 22.6 Å². The molecule has 0 saturated carbocycles. The smallest absolute Gasteiger partial charge is 0.195 e. The van der Waals surface area contributed by atoms with Gasteiger partial charge in [0, 0.05) is 10.9 Å². The summed E-state index contributed by atoms with van der Waals surface area (Å²) >= 11 is 0. The van der Waals surface area contributed by atoms with Gasteiger partial charge in [0.2, 0.25) is 0 Å². The molecule has 3 aromatic carbocycles. The summed E-state index contributed by atoms with van der Waals surface area (Å²) in [4.78, 5) is 10.7. The monoisotopic (exact) mass is 260 g/mol. The van der Waals surface area contributed by atoms with Crippen LogP contribution in [0.5, 0.6) is 0 Å². The Morgan fingerprint density at radius 3 is 2.26 bits per heavy atom. The minimum absolute atomic E-state index is 0.0188. The molecule has 1 nitrogen and oxygen atoms in total. The van der Waals surface area contributed by atoms with Crippen molar-refractivity contribution in [3.8, 4) is 0 Å². The molecule has 0 aliphatic rings. The molecule has 0 spiro atoms. The van der Waals surface area contributed by atoms with Crippen molar-refractivity contribution in [2.75, 3.05) is 0 Å². The molecule has 0 aliphatic heterocycles. The Labute approximate surface area is 106 Å². The predicted octanol–water partition coefficient (Wildman–Crippen LogP) is 4.22. The highest BCUT2D eigenvalue weighted by Crippen LogP contribution is 2.30. The molecular formula is C15H7F3O. The SMILES string of the molecule is O=Cc1ccc2c(ccc3c(F)c(F)c(F)cc32)c1. The van der Waals surface area contributed by atoms with Crippen LogP contribution in [0.3, 0.4) is 0 Å². The van der Waals surface area contributed by atoms with Gasteiger partial charge < -0.3 is 0 Å². The lowest BCUT2D eigenvalue weighted by atomic mass is 10.00. The zero-order valence-corrected chi connectivity index (χ0v) is 9.58. The van der Waals surface area contributed by atoms with E-state index >= 15 is 0 Å². The molecule has 0 saturated heterocycles. The fraction of sp³-hybridized carbons (Fsp3) is 0. The van der Waals surface area contributed by atoms with Gasteiger partial charge in [-0.3, -0.25) is 4.79 Å². The number of carbonyl (C=O) groups excluding carboxylic acids is 1. The number of hydrogen-bond acceptors (Lipinski definition) is 1. The van der Waals surface area contributed by atoms with Crippen LogP contribution in [0.25, 0.3) is 21.5 Å². The number of aldehydes is 1. The predicted molar refractivity (Wildman–Crippen MR) is 66.7 cm³/mol. The number of fused-ring (bicyclic) bond motifs is 3. The van der Waals surface area contributed by atoms with Gasteiger partial charge in [0.25, 0.3) is 0 Å². The van der Waals surface area contributed by atoms with Crippen LogP contribution in [0.2, 0.25) is 0 Å². The summed E-state index contributed by atoms with van der Waals surface area (Å²) in [5, 5.41) is 1.54. The van der Waals surface area contributed by atoms with E-state index in [9.17, 15) is 18.0 Å². The van der Waals surface area contributed by atoms with Crippen molar-refractivity contribution in [3.05, 3.63) is 59.4 Å². The summed E-state index contributed by atoms with van der Waals surface area (Å²) in [5.41, 5.74) is 0.468. The maximum Gasteiger partial charge on any atom is 0.195 e. The topological polar surface area (TPSA) is 17.1 Å². The maximum atomic E-state index is 13.7. The summed E-state index contributed by atoms with van der Waals surface area (Å²) in [6, 6.07) is 8.68. The third-order valence-electron chi connectivity index (χ3n) is 3.13. The van der Waals surface area contributed by atoms with Crippen LogP contribution in [0.1, 0.15) is 10.4 Å². The van der Waals surface area contributed by atoms with Crippen molar-refractivity contribution in [2.24, 2.45) is 0 Å². The summed E-state index contributed by atoms with van der Waals surface area (Å²) < 4.78 is 40.2. The number of benzene rings is 3. The molecular weight excluding hydrogens is 253 g/mol.